The van der Waals surface area contributed by atoms with Gasteiger partial charge in [-0.1, -0.05) is 139 Å². The highest BCUT2D eigenvalue weighted by Crippen LogP contribution is 2.38. The Morgan fingerprint density at radius 1 is 0.488 bits per heavy atom. The minimum Gasteiger partial charge on any atom is -0.493 e. The van der Waals surface area contributed by atoms with Gasteiger partial charge in [-0.15, -0.1) is 10.2 Å². The molecule has 5 aromatic rings. The van der Waals surface area contributed by atoms with Crippen LogP contribution in [0.3, 0.4) is 0 Å². The van der Waals surface area contributed by atoms with Gasteiger partial charge in [0.25, 0.3) is 11.1 Å². The number of hydrogen-bond donors (Lipinski definition) is 2. The van der Waals surface area contributed by atoms with Gasteiger partial charge in [-0.2, -0.15) is 29.4 Å². The van der Waals surface area contributed by atoms with Gasteiger partial charge in [0.2, 0.25) is 31.8 Å². The number of pyridine rings is 2. The fourth-order valence-electron chi connectivity index (χ4n) is 10.5. The summed E-state index contributed by atoms with van der Waals surface area (Å²) in [6, 6.07) is 21.2. The van der Waals surface area contributed by atoms with Crippen LogP contribution in [-0.4, -0.2) is 71.0 Å². The molecule has 0 saturated carbocycles. The highest BCUT2D eigenvalue weighted by molar-refractivity contribution is 7.89. The van der Waals surface area contributed by atoms with Crippen LogP contribution in [0.25, 0.3) is 11.4 Å². The lowest BCUT2D eigenvalue weighted by molar-refractivity contribution is 0.270. The van der Waals surface area contributed by atoms with Crippen molar-refractivity contribution in [2.24, 2.45) is 44.1 Å². The van der Waals surface area contributed by atoms with Crippen LogP contribution in [0.1, 0.15) is 180 Å². The average Bonchev–Trinajstić information content (AvgIpc) is 1.49. The predicted octanol–water partition coefficient (Wildman–Crippen LogP) is 15.4. The zero-order valence-corrected chi connectivity index (χ0v) is 52.6. The van der Waals surface area contributed by atoms with Crippen LogP contribution in [0.2, 0.25) is 0 Å². The molecule has 0 aliphatic heterocycles. The minimum atomic E-state index is -3.91. The van der Waals surface area contributed by atoms with E-state index in [1.807, 2.05) is 12.1 Å². The summed E-state index contributed by atoms with van der Waals surface area (Å²) in [5.41, 5.74) is -2.79. The normalized spacial score (nSPS) is 13.6. The number of rotatable bonds is 34. The van der Waals surface area contributed by atoms with Crippen molar-refractivity contribution in [2.75, 3.05) is 26.2 Å². The van der Waals surface area contributed by atoms with Gasteiger partial charge in [0, 0.05) is 37.3 Å². The van der Waals surface area contributed by atoms with Crippen molar-refractivity contribution in [3.8, 4) is 35.3 Å². The zero-order valence-electron chi connectivity index (χ0n) is 51.0. The second-order valence-corrected chi connectivity index (χ2v) is 25.9. The number of aromatic hydroxyl groups is 2. The molecule has 0 aliphatic rings. The fraction of sp³-hybridized carbons (Fsp3) is 0.531. The molecular formula is C64H88N10O8S2. The topological polar surface area (TPSA) is 256 Å². The zero-order chi connectivity index (χ0) is 61.7. The standard InChI is InChI=1S/C64H88N10O8S2/c1-11-19-24-47(15-5)41-71(42-48(16-6)25-20-12-2)83(79,80)55-34-30-51(31-35-55)67-69-59-45(9)57(39-65)61(75)73(63(59)77)53-28-23-29-54(38-53)74-62(76)58(40-66)46(10)60(64(74)78)70-68-52-32-36-56(37-33-52)84(81,82)72(43-49(17-7)26-21-13-3)44-50(18-8)27-22-14-4/h23,28-38,47-50,77-78H,11-22,24-27,41-44H2,1-10H3/b69-67+,70-68+. The molecule has 5 rings (SSSR count). The average molecular weight is 1190 g/mol. The number of benzene rings is 3. The van der Waals surface area contributed by atoms with Gasteiger partial charge in [-0.3, -0.25) is 9.59 Å². The lowest BCUT2D eigenvalue weighted by Crippen LogP contribution is -2.39. The highest BCUT2D eigenvalue weighted by atomic mass is 32.2. The van der Waals surface area contributed by atoms with Crippen LogP contribution in [0, 0.1) is 60.2 Å². The van der Waals surface area contributed by atoms with Crippen LogP contribution in [0.5, 0.6) is 11.8 Å². The Bertz CT molecular complexity index is 3230. The summed E-state index contributed by atoms with van der Waals surface area (Å²) in [6.07, 6.45) is 15.3. The molecule has 4 atom stereocenters. The maximum Gasteiger partial charge on any atom is 0.276 e. The van der Waals surface area contributed by atoms with Crippen molar-refractivity contribution < 1.29 is 27.0 Å². The van der Waals surface area contributed by atoms with Gasteiger partial charge >= 0.3 is 0 Å². The number of nitrogens with zero attached hydrogens (tertiary/aromatic N) is 10. The molecule has 2 aromatic heterocycles. The molecule has 0 saturated heterocycles. The van der Waals surface area contributed by atoms with Gasteiger partial charge in [-0.25, -0.2) is 26.0 Å². The summed E-state index contributed by atoms with van der Waals surface area (Å²) < 4.78 is 62.4. The Morgan fingerprint density at radius 3 is 1.05 bits per heavy atom. The second-order valence-electron chi connectivity index (χ2n) is 22.1. The van der Waals surface area contributed by atoms with E-state index in [0.29, 0.717) is 26.2 Å². The maximum atomic E-state index is 14.4. The molecule has 454 valence electrons. The summed E-state index contributed by atoms with van der Waals surface area (Å²) >= 11 is 0. The van der Waals surface area contributed by atoms with Crippen molar-refractivity contribution in [1.82, 2.24) is 17.7 Å². The van der Waals surface area contributed by atoms with Crippen LogP contribution in [0.4, 0.5) is 22.7 Å². The maximum absolute atomic E-state index is 14.4. The van der Waals surface area contributed by atoms with E-state index in [9.17, 15) is 47.2 Å². The van der Waals surface area contributed by atoms with E-state index in [1.54, 1.807) is 8.61 Å². The first-order chi connectivity index (χ1) is 40.2. The molecule has 0 spiro atoms. The minimum absolute atomic E-state index is 0.0123. The van der Waals surface area contributed by atoms with E-state index in [0.717, 1.165) is 112 Å². The fourth-order valence-corrected chi connectivity index (χ4v) is 13.7. The third kappa shape index (κ3) is 16.7. The summed E-state index contributed by atoms with van der Waals surface area (Å²) in [6.45, 7) is 21.4. The number of azo groups is 2. The van der Waals surface area contributed by atoms with Crippen molar-refractivity contribution in [3.63, 3.8) is 0 Å². The summed E-state index contributed by atoms with van der Waals surface area (Å²) in [7, 11) is -7.83. The second kappa shape index (κ2) is 32.4. The molecule has 84 heavy (non-hydrogen) atoms. The van der Waals surface area contributed by atoms with E-state index in [4.69, 9.17) is 0 Å². The molecule has 4 unspecified atom stereocenters. The van der Waals surface area contributed by atoms with Crippen LogP contribution in [0.15, 0.2) is 113 Å². The van der Waals surface area contributed by atoms with E-state index in [2.05, 4.69) is 75.8 Å². The molecule has 0 aliphatic carbocycles. The lowest BCUT2D eigenvalue weighted by Gasteiger charge is -2.30. The molecule has 18 nitrogen and oxygen atoms in total. The summed E-state index contributed by atoms with van der Waals surface area (Å²) in [4.78, 5) is 28.3. The lowest BCUT2D eigenvalue weighted by atomic mass is 9.97. The molecule has 0 bridgehead atoms. The van der Waals surface area contributed by atoms with Crippen molar-refractivity contribution >= 4 is 42.8 Å². The smallest absolute Gasteiger partial charge is 0.276 e. The van der Waals surface area contributed by atoms with Crippen LogP contribution in [-0.2, 0) is 20.0 Å². The van der Waals surface area contributed by atoms with Crippen molar-refractivity contribution in [3.05, 3.63) is 116 Å². The number of hydrogen-bond acceptors (Lipinski definition) is 14. The van der Waals surface area contributed by atoms with Crippen LogP contribution < -0.4 is 11.1 Å². The van der Waals surface area contributed by atoms with Crippen molar-refractivity contribution in [1.29, 1.82) is 10.5 Å². The molecule has 3 aromatic carbocycles. The first kappa shape index (κ1) is 67.9. The molecule has 0 amide bonds. The third-order valence-corrected chi connectivity index (χ3v) is 19.9. The Labute approximate surface area is 498 Å². The molecule has 2 N–H and O–H groups in total. The van der Waals surface area contributed by atoms with E-state index >= 15 is 0 Å². The Kier molecular flexibility index (Phi) is 26.2. The Balaban J connectivity index is 1.50. The first-order valence-electron chi connectivity index (χ1n) is 30.2. The number of nitriles is 2. The van der Waals surface area contributed by atoms with Gasteiger partial charge in [0.15, 0.2) is 11.4 Å². The van der Waals surface area contributed by atoms with Gasteiger partial charge in [-0.05, 0) is 130 Å². The van der Waals surface area contributed by atoms with E-state index in [1.165, 1.54) is 86.6 Å². The number of aromatic nitrogens is 2. The molecule has 0 radical (unpaired) electrons. The molecule has 20 heteroatoms. The highest BCUT2D eigenvalue weighted by Gasteiger charge is 2.31. The van der Waals surface area contributed by atoms with Gasteiger partial charge in [0.1, 0.15) is 23.3 Å². The van der Waals surface area contributed by atoms with Crippen LogP contribution >= 0.6 is 0 Å². The Morgan fingerprint density at radius 2 is 0.786 bits per heavy atom. The molecular weight excluding hydrogens is 1100 g/mol. The summed E-state index contributed by atoms with van der Waals surface area (Å²) in [5, 5.41) is 61.4. The Hall–Kier alpha value is -6.84. The first-order valence-corrected chi connectivity index (χ1v) is 33.0. The quantitative estimate of drug-likeness (QED) is 0.0368. The third-order valence-electron chi connectivity index (χ3n) is 16.2. The van der Waals surface area contributed by atoms with E-state index in [-0.39, 0.29) is 89.8 Å². The molecule has 2 heterocycles. The van der Waals surface area contributed by atoms with Gasteiger partial charge < -0.3 is 10.2 Å². The monoisotopic (exact) mass is 1190 g/mol. The van der Waals surface area contributed by atoms with Gasteiger partial charge in [0.05, 0.1) is 32.5 Å². The SMILES string of the molecule is CCCCC(CC)CN(CC(CC)CCCC)S(=O)(=O)c1ccc(/N=N/c2c(C)c(C#N)c(=O)n(-c3cccc(-n4c(O)c(/N=N/c5ccc(S(=O)(=O)N(CC(CC)CCCC)CC(CC)CCCC)cc5)c(C)c(C#N)c4=O)c3)c2O)cc1. The summed E-state index contributed by atoms with van der Waals surface area (Å²) in [5.74, 6) is -0.589. The number of sulfonamides is 2. The van der Waals surface area contributed by atoms with Crippen molar-refractivity contribution in [2.45, 2.75) is 182 Å². The molecule has 0 fully saturated rings. The van der Waals surface area contributed by atoms with E-state index < -0.39 is 42.9 Å². The predicted molar refractivity (Wildman–Crippen MR) is 332 cm³/mol. The number of unbranched alkanes of at least 4 members (excludes halogenated alkanes) is 4. The largest absolute Gasteiger partial charge is 0.493 e.